The van der Waals surface area contributed by atoms with Crippen LogP contribution in [-0.4, -0.2) is 42.6 Å². The molecule has 1 aliphatic heterocycles. The second-order valence-corrected chi connectivity index (χ2v) is 8.33. The Kier molecular flexibility index (Phi) is 7.70. The number of halogens is 2. The van der Waals surface area contributed by atoms with E-state index < -0.39 is 17.9 Å². The van der Waals surface area contributed by atoms with Crippen molar-refractivity contribution < 1.29 is 33.0 Å². The maximum Gasteiger partial charge on any atom is 0.373 e. The van der Waals surface area contributed by atoms with Crippen molar-refractivity contribution in [3.8, 4) is 11.5 Å². The zero-order valence-electron chi connectivity index (χ0n) is 18.4. The Hall–Kier alpha value is -2.98. The first-order valence-electron chi connectivity index (χ1n) is 9.99. The molecule has 0 aliphatic carbocycles. The number of nitrogens with zero attached hydrogens (tertiary/aromatic N) is 1. The Morgan fingerprint density at radius 1 is 1.33 bits per heavy atom. The number of furan rings is 1. The van der Waals surface area contributed by atoms with Gasteiger partial charge in [-0.05, 0) is 66.5 Å². The van der Waals surface area contributed by atoms with Crippen molar-refractivity contribution in [2.75, 3.05) is 13.7 Å². The van der Waals surface area contributed by atoms with Gasteiger partial charge in [-0.1, -0.05) is 11.6 Å². The van der Waals surface area contributed by atoms with E-state index in [0.717, 1.165) is 4.90 Å². The molecule has 0 bridgehead atoms. The van der Waals surface area contributed by atoms with Gasteiger partial charge in [-0.2, -0.15) is 0 Å². The largest absolute Gasteiger partial charge is 0.490 e. The van der Waals surface area contributed by atoms with Gasteiger partial charge in [0.1, 0.15) is 16.5 Å². The second kappa shape index (κ2) is 10.3. The van der Waals surface area contributed by atoms with E-state index >= 15 is 0 Å². The molecular weight excluding hydrogens is 520 g/mol. The number of carbonyl (C=O) groups is 3. The standard InChI is InChI=1S/C22H22BrClN2O7/c1-5-31-16-9-12(17(23)18(24)19(16)32-11(2)3)8-14-20(27)26(22(29)25-14)10-13-6-7-15(33-13)21(28)30-4/h6-9,11H,5,10H2,1-4H3,(H,25,29)/b14-8-. The molecule has 0 radical (unpaired) electrons. The van der Waals surface area contributed by atoms with Crippen LogP contribution in [0, 0.1) is 0 Å². The van der Waals surface area contributed by atoms with Gasteiger partial charge in [0.05, 0.1) is 26.4 Å². The van der Waals surface area contributed by atoms with Crippen molar-refractivity contribution in [3.05, 3.63) is 50.5 Å². The summed E-state index contributed by atoms with van der Waals surface area (Å²) in [5.74, 6) is -0.217. The third-order valence-corrected chi connectivity index (χ3v) is 5.88. The molecule has 0 atom stereocenters. The van der Waals surface area contributed by atoms with Crippen molar-refractivity contribution in [1.82, 2.24) is 10.2 Å². The molecule has 1 N–H and O–H groups in total. The maximum absolute atomic E-state index is 12.9. The van der Waals surface area contributed by atoms with Gasteiger partial charge >= 0.3 is 12.0 Å². The molecule has 9 nitrogen and oxygen atoms in total. The van der Waals surface area contributed by atoms with Gasteiger partial charge in [0.2, 0.25) is 5.76 Å². The molecule has 3 rings (SSSR count). The summed E-state index contributed by atoms with van der Waals surface area (Å²) in [6.45, 7) is 5.77. The Bertz CT molecular complexity index is 1130. The van der Waals surface area contributed by atoms with Crippen LogP contribution in [0.3, 0.4) is 0 Å². The monoisotopic (exact) mass is 540 g/mol. The minimum absolute atomic E-state index is 0.0268. The average molecular weight is 542 g/mol. The van der Waals surface area contributed by atoms with Gasteiger partial charge in [0, 0.05) is 4.47 Å². The van der Waals surface area contributed by atoms with Crippen LogP contribution in [0.1, 0.15) is 42.6 Å². The molecule has 11 heteroatoms. The van der Waals surface area contributed by atoms with Gasteiger partial charge in [-0.3, -0.25) is 9.69 Å². The third kappa shape index (κ3) is 5.33. The topological polar surface area (TPSA) is 107 Å². The number of nitrogens with one attached hydrogen (secondary N) is 1. The van der Waals surface area contributed by atoms with Crippen molar-refractivity contribution in [1.29, 1.82) is 0 Å². The van der Waals surface area contributed by atoms with Gasteiger partial charge in [-0.15, -0.1) is 0 Å². The van der Waals surface area contributed by atoms with E-state index in [0.29, 0.717) is 28.1 Å². The Labute approximate surface area is 203 Å². The molecule has 1 aromatic heterocycles. The first kappa shape index (κ1) is 24.7. The predicted molar refractivity (Wildman–Crippen MR) is 123 cm³/mol. The smallest absolute Gasteiger partial charge is 0.373 e. The van der Waals surface area contributed by atoms with Gasteiger partial charge < -0.3 is 23.9 Å². The van der Waals surface area contributed by atoms with Crippen LogP contribution >= 0.6 is 27.5 Å². The number of hydrogen-bond donors (Lipinski definition) is 1. The molecule has 2 aromatic rings. The molecular formula is C22H22BrClN2O7. The number of urea groups is 1. The van der Waals surface area contributed by atoms with Crippen LogP contribution in [0.15, 0.2) is 32.8 Å². The molecule has 3 amide bonds. The highest BCUT2D eigenvalue weighted by Crippen LogP contribution is 2.44. The molecule has 1 aromatic carbocycles. The lowest BCUT2D eigenvalue weighted by molar-refractivity contribution is -0.123. The summed E-state index contributed by atoms with van der Waals surface area (Å²) in [6.07, 6.45) is 1.35. The minimum Gasteiger partial charge on any atom is -0.490 e. The SMILES string of the molecule is CCOc1cc(/C=C2\NC(=O)N(Cc3ccc(C(=O)OC)o3)C2=O)c(Br)c(Cl)c1OC(C)C. The molecule has 1 fully saturated rings. The van der Waals surface area contributed by atoms with Crippen molar-refractivity contribution in [2.24, 2.45) is 0 Å². The van der Waals surface area contributed by atoms with E-state index in [1.165, 1.54) is 25.3 Å². The number of carbonyl (C=O) groups excluding carboxylic acids is 3. The average Bonchev–Trinajstić information content (AvgIpc) is 3.34. The normalized spacial score (nSPS) is 14.8. The summed E-state index contributed by atoms with van der Waals surface area (Å²) in [7, 11) is 1.22. The van der Waals surface area contributed by atoms with Crippen molar-refractivity contribution in [2.45, 2.75) is 33.4 Å². The van der Waals surface area contributed by atoms with E-state index in [2.05, 4.69) is 26.0 Å². The third-order valence-electron chi connectivity index (χ3n) is 4.43. The zero-order chi connectivity index (χ0) is 24.3. The highest BCUT2D eigenvalue weighted by atomic mass is 79.9. The van der Waals surface area contributed by atoms with E-state index in [9.17, 15) is 14.4 Å². The first-order chi connectivity index (χ1) is 15.7. The highest BCUT2D eigenvalue weighted by Gasteiger charge is 2.35. The van der Waals surface area contributed by atoms with Crippen LogP contribution in [0.5, 0.6) is 11.5 Å². The van der Waals surface area contributed by atoms with Crippen LogP contribution in [0.2, 0.25) is 5.02 Å². The number of rotatable bonds is 8. The fourth-order valence-corrected chi connectivity index (χ4v) is 3.67. The lowest BCUT2D eigenvalue weighted by atomic mass is 10.1. The minimum atomic E-state index is -0.657. The van der Waals surface area contributed by atoms with Gasteiger partial charge in [-0.25, -0.2) is 9.59 Å². The van der Waals surface area contributed by atoms with Gasteiger partial charge in [0.25, 0.3) is 5.91 Å². The molecule has 0 spiro atoms. The number of hydrogen-bond acceptors (Lipinski definition) is 7. The van der Waals surface area contributed by atoms with E-state index in [-0.39, 0.29) is 34.9 Å². The molecule has 0 saturated carbocycles. The fourth-order valence-electron chi connectivity index (χ4n) is 3.02. The Balaban J connectivity index is 1.89. The summed E-state index contributed by atoms with van der Waals surface area (Å²) in [5.41, 5.74) is 0.549. The van der Waals surface area contributed by atoms with Crippen LogP contribution in [0.4, 0.5) is 4.79 Å². The van der Waals surface area contributed by atoms with Crippen LogP contribution in [0.25, 0.3) is 6.08 Å². The Morgan fingerprint density at radius 3 is 2.70 bits per heavy atom. The first-order valence-corrected chi connectivity index (χ1v) is 11.2. The number of esters is 1. The molecule has 1 aliphatic rings. The van der Waals surface area contributed by atoms with Crippen molar-refractivity contribution in [3.63, 3.8) is 0 Å². The lowest BCUT2D eigenvalue weighted by Crippen LogP contribution is -2.30. The molecule has 1 saturated heterocycles. The number of ether oxygens (including phenoxy) is 3. The predicted octanol–water partition coefficient (Wildman–Crippen LogP) is 4.76. The summed E-state index contributed by atoms with van der Waals surface area (Å²) < 4.78 is 21.9. The van der Waals surface area contributed by atoms with Gasteiger partial charge in [0.15, 0.2) is 11.5 Å². The van der Waals surface area contributed by atoms with Crippen LogP contribution < -0.4 is 14.8 Å². The summed E-state index contributed by atoms with van der Waals surface area (Å²) in [4.78, 5) is 37.8. The summed E-state index contributed by atoms with van der Waals surface area (Å²) in [5, 5.41) is 2.82. The van der Waals surface area contributed by atoms with Crippen LogP contribution in [-0.2, 0) is 16.1 Å². The van der Waals surface area contributed by atoms with E-state index in [1.54, 1.807) is 6.07 Å². The molecule has 2 heterocycles. The number of amides is 3. The number of methoxy groups -OCH3 is 1. The summed E-state index contributed by atoms with van der Waals surface area (Å²) >= 11 is 9.93. The molecule has 176 valence electrons. The van der Waals surface area contributed by atoms with E-state index in [4.69, 9.17) is 25.5 Å². The molecule has 33 heavy (non-hydrogen) atoms. The summed E-state index contributed by atoms with van der Waals surface area (Å²) in [6, 6.07) is 3.94. The fraction of sp³-hybridized carbons (Fsp3) is 0.318. The second-order valence-electron chi connectivity index (χ2n) is 7.16. The zero-order valence-corrected chi connectivity index (χ0v) is 20.7. The Morgan fingerprint density at radius 2 is 2.06 bits per heavy atom. The van der Waals surface area contributed by atoms with E-state index in [1.807, 2.05) is 20.8 Å². The number of benzene rings is 1. The maximum atomic E-state index is 12.9. The quantitative estimate of drug-likeness (QED) is 0.292. The molecule has 0 unspecified atom stereocenters. The number of imide groups is 1. The van der Waals surface area contributed by atoms with Crippen molar-refractivity contribution >= 4 is 51.5 Å². The lowest BCUT2D eigenvalue weighted by Gasteiger charge is -2.18. The highest BCUT2D eigenvalue weighted by molar-refractivity contribution is 9.10.